The number of nitrogens with zero attached hydrogens (tertiary/aromatic N) is 1. The Morgan fingerprint density at radius 2 is 1.65 bits per heavy atom. The first-order valence-electron chi connectivity index (χ1n) is 21.0. The number of fused-ring (bicyclic) bond motifs is 2. The van der Waals surface area contributed by atoms with Gasteiger partial charge in [0.2, 0.25) is 5.91 Å². The number of amides is 1. The molecule has 8 aliphatic rings. The molecule has 2 aliphatic carbocycles. The van der Waals surface area contributed by atoms with E-state index in [1.165, 1.54) is 43.3 Å². The lowest BCUT2D eigenvalue weighted by molar-refractivity contribution is -0.313. The molecule has 6 aliphatic heterocycles. The van der Waals surface area contributed by atoms with Gasteiger partial charge in [0.15, 0.2) is 41.4 Å². The van der Waals surface area contributed by atoms with E-state index in [-0.39, 0.29) is 38.5 Å². The zero-order valence-electron chi connectivity index (χ0n) is 37.2. The van der Waals surface area contributed by atoms with Crippen LogP contribution < -0.4 is 10.1 Å². The van der Waals surface area contributed by atoms with Crippen LogP contribution in [0.4, 0.5) is 13.2 Å². The van der Waals surface area contributed by atoms with Crippen molar-refractivity contribution in [1.29, 1.82) is 0 Å². The highest BCUT2D eigenvalue weighted by molar-refractivity contribution is 6.34. The molecule has 354 valence electrons. The number of nitrogens with one attached hydrogen (secondary N) is 1. The molecule has 66 heavy (non-hydrogen) atoms. The molecule has 19 heteroatoms. The number of phenolic OH excluding ortho intramolecular Hbond substituents is 1. The number of aromatic hydroxyl groups is 1. The van der Waals surface area contributed by atoms with Gasteiger partial charge in [0.1, 0.15) is 18.8 Å². The number of carbonyl (C=O) groups is 3. The Hall–Kier alpha value is -4.72. The monoisotopic (exact) mass is 960 g/mol. The fraction of sp³-hybridized carbons (Fsp3) is 0.468. The van der Waals surface area contributed by atoms with Gasteiger partial charge in [0, 0.05) is 41.9 Å². The highest BCUT2D eigenvalue weighted by atomic mass is 35.5. The maximum Gasteiger partial charge on any atom is 0.432 e. The quantitative estimate of drug-likeness (QED) is 0.210. The van der Waals surface area contributed by atoms with Gasteiger partial charge in [-0.05, 0) is 65.6 Å². The van der Waals surface area contributed by atoms with Gasteiger partial charge in [-0.15, -0.1) is 0 Å². The van der Waals surface area contributed by atoms with Crippen LogP contribution in [0.3, 0.4) is 0 Å². The van der Waals surface area contributed by atoms with Crippen LogP contribution in [0.1, 0.15) is 87.1 Å². The van der Waals surface area contributed by atoms with Gasteiger partial charge >= 0.3 is 18.1 Å². The molecule has 6 bridgehead atoms. The molecule has 9 atom stereocenters. The van der Waals surface area contributed by atoms with E-state index in [4.69, 9.17) is 61.1 Å². The summed E-state index contributed by atoms with van der Waals surface area (Å²) in [7, 11) is 4.54. The molecule has 14 nitrogen and oxygen atoms in total. The van der Waals surface area contributed by atoms with Crippen molar-refractivity contribution in [2.75, 3.05) is 27.8 Å². The molecule has 3 aromatic carbocycles. The Morgan fingerprint density at radius 3 is 2.29 bits per heavy atom. The zero-order chi connectivity index (χ0) is 47.9. The molecule has 11 rings (SSSR count). The normalized spacial score (nSPS) is 29.4. The molecule has 0 saturated carbocycles. The molecule has 6 heterocycles. The summed E-state index contributed by atoms with van der Waals surface area (Å²) in [6.07, 6.45) is -6.33. The molecule has 2 N–H and O–H groups in total. The van der Waals surface area contributed by atoms with E-state index < -0.39 is 108 Å². The minimum Gasteiger partial charge on any atom is -0.504 e. The van der Waals surface area contributed by atoms with Gasteiger partial charge in [-0.3, -0.25) is 9.59 Å². The molecule has 0 unspecified atom stereocenters. The molecule has 3 aromatic rings. The van der Waals surface area contributed by atoms with E-state index in [9.17, 15) is 19.5 Å². The van der Waals surface area contributed by atoms with E-state index in [0.29, 0.717) is 11.1 Å². The second-order valence-corrected chi connectivity index (χ2v) is 18.8. The number of benzene rings is 3. The first-order chi connectivity index (χ1) is 30.9. The molecular formula is C47H49Cl2F3N2O12. The number of methoxy groups -OCH3 is 1. The fourth-order valence-corrected chi connectivity index (χ4v) is 10.6. The molecule has 2 saturated heterocycles. The number of phenols is 1. The molecule has 1 amide bonds. The minimum absolute atomic E-state index is 0.0629. The van der Waals surface area contributed by atoms with Crippen LogP contribution in [-0.4, -0.2) is 103 Å². The van der Waals surface area contributed by atoms with Gasteiger partial charge in [-0.2, -0.15) is 13.2 Å². The van der Waals surface area contributed by atoms with E-state index >= 15 is 13.2 Å². The summed E-state index contributed by atoms with van der Waals surface area (Å²) < 4.78 is 95.8. The zero-order valence-corrected chi connectivity index (χ0v) is 38.7. The Balaban J connectivity index is 1.30. The highest BCUT2D eigenvalue weighted by Crippen LogP contribution is 2.60. The first-order valence-corrected chi connectivity index (χ1v) is 21.8. The Bertz CT molecular complexity index is 2480. The lowest BCUT2D eigenvalue weighted by Crippen LogP contribution is -2.66. The van der Waals surface area contributed by atoms with Crippen LogP contribution in [0.25, 0.3) is 5.57 Å². The van der Waals surface area contributed by atoms with Gasteiger partial charge in [0.05, 0.1) is 34.2 Å². The standard InChI is InChI=1S/C47H49Cl2F3N2O12/c1-23(55)53-30-21-33(57)60-22-32(61-42(58)46(59-8,47(50,51)52)25-13-10-9-11-14-25)26-16-17-27-34(35(26)49)28-15-12-18-45(28,40(27)62-36-29(48)19-24(30)20-31(36)56)66-41-38-37(63-44(4,5)64-38)39(54(6)7)43(2,3)65-41/h9-20,30,32,37-41,56H,21-22H2,1-8H3,(H,53,55)/t30-,32-,37-,38+,39-,40+,41-,45+,46-/m0/s1. The summed E-state index contributed by atoms with van der Waals surface area (Å²) in [6, 6.07) is 10.4. The Morgan fingerprint density at radius 1 is 0.970 bits per heavy atom. The molecule has 0 aromatic heterocycles. The largest absolute Gasteiger partial charge is 0.504 e. The number of carbonyl (C=O) groups excluding carboxylic acids is 3. The highest BCUT2D eigenvalue weighted by Gasteiger charge is 2.66. The summed E-state index contributed by atoms with van der Waals surface area (Å²) in [5.74, 6) is -5.12. The molecule has 0 spiro atoms. The Kier molecular flexibility index (Phi) is 12.4. The summed E-state index contributed by atoms with van der Waals surface area (Å²) in [6.45, 7) is 7.74. The number of ether oxygens (including phenoxy) is 8. The van der Waals surface area contributed by atoms with E-state index in [1.807, 2.05) is 32.8 Å². The number of likely N-dealkylation sites (N-methyl/N-ethyl adjacent to an activating group) is 1. The number of rotatable bonds is 8. The second kappa shape index (κ2) is 17.1. The summed E-state index contributed by atoms with van der Waals surface area (Å²) in [5, 5.41) is 14.0. The van der Waals surface area contributed by atoms with Crippen LogP contribution in [0.5, 0.6) is 11.5 Å². The van der Waals surface area contributed by atoms with Crippen LogP contribution in [-0.2, 0) is 53.1 Å². The van der Waals surface area contributed by atoms with Crippen LogP contribution in [0.2, 0.25) is 10.0 Å². The Labute approximate surface area is 388 Å². The van der Waals surface area contributed by atoms with Crippen LogP contribution in [0, 0.1) is 0 Å². The van der Waals surface area contributed by atoms with E-state index in [2.05, 4.69) is 5.32 Å². The number of esters is 2. The lowest BCUT2D eigenvalue weighted by atomic mass is 9.86. The summed E-state index contributed by atoms with van der Waals surface area (Å²) in [4.78, 5) is 42.3. The van der Waals surface area contributed by atoms with Gasteiger partial charge in [-0.25, -0.2) is 4.79 Å². The van der Waals surface area contributed by atoms with Crippen LogP contribution >= 0.6 is 23.2 Å². The molecule has 0 radical (unpaired) electrons. The number of alkyl halides is 3. The molecular weight excluding hydrogens is 912 g/mol. The predicted octanol–water partition coefficient (Wildman–Crippen LogP) is 7.94. The third kappa shape index (κ3) is 8.04. The summed E-state index contributed by atoms with van der Waals surface area (Å²) in [5.41, 5.74) is -5.62. The van der Waals surface area contributed by atoms with Crippen molar-refractivity contribution in [2.24, 2.45) is 0 Å². The smallest absolute Gasteiger partial charge is 0.432 e. The van der Waals surface area contributed by atoms with Crippen molar-refractivity contribution in [3.8, 4) is 11.5 Å². The number of hydrogen-bond donors (Lipinski definition) is 2. The van der Waals surface area contributed by atoms with E-state index in [0.717, 1.165) is 19.2 Å². The number of halogens is 5. The van der Waals surface area contributed by atoms with Crippen LogP contribution in [0.15, 0.2) is 72.8 Å². The second-order valence-electron chi connectivity index (χ2n) is 18.0. The van der Waals surface area contributed by atoms with Crippen molar-refractivity contribution < 1.29 is 70.6 Å². The van der Waals surface area contributed by atoms with Crippen molar-refractivity contribution >= 4 is 46.6 Å². The van der Waals surface area contributed by atoms with Crippen molar-refractivity contribution in [2.45, 2.75) is 113 Å². The molecule has 2 fully saturated rings. The number of hydrogen-bond acceptors (Lipinski definition) is 13. The van der Waals surface area contributed by atoms with E-state index in [1.54, 1.807) is 38.1 Å². The first kappa shape index (κ1) is 47.8. The summed E-state index contributed by atoms with van der Waals surface area (Å²) >= 11 is 14.3. The number of allylic oxidation sites excluding steroid dienone is 2. The maximum absolute atomic E-state index is 15.2. The third-order valence-corrected chi connectivity index (χ3v) is 13.2. The van der Waals surface area contributed by atoms with Gasteiger partial charge in [-0.1, -0.05) is 77.8 Å². The van der Waals surface area contributed by atoms with Gasteiger partial charge in [0.25, 0.3) is 5.60 Å². The lowest BCUT2D eigenvalue weighted by Gasteiger charge is -2.51. The fourth-order valence-electron chi connectivity index (χ4n) is 9.93. The third-order valence-electron chi connectivity index (χ3n) is 12.5. The van der Waals surface area contributed by atoms with Crippen molar-refractivity contribution in [3.05, 3.63) is 111 Å². The average Bonchev–Trinajstić information content (AvgIpc) is 3.85. The maximum atomic E-state index is 15.2. The minimum atomic E-state index is -5.35. The topological polar surface area (TPSA) is 161 Å². The van der Waals surface area contributed by atoms with Crippen molar-refractivity contribution in [1.82, 2.24) is 10.2 Å². The predicted molar refractivity (Wildman–Crippen MR) is 231 cm³/mol. The SMILES string of the molecule is CO[C@](C(=O)O[C@H]1COC(=O)C[C@H](NC(C)=O)c2cc(O)c(c(Cl)c2)O[C@@H]2c3ccc1c(Cl)c3C1=CC=C[C@@]12O[C@@H]1OC(C)(C)[C@@H](N(C)C)[C@H]2OC(C)(C)O[C@@H]12)(c1ccccc1)C(F)(F)F. The average molecular weight is 962 g/mol. The van der Waals surface area contributed by atoms with Gasteiger partial charge < -0.3 is 53.2 Å². The van der Waals surface area contributed by atoms with Crippen molar-refractivity contribution in [3.63, 3.8) is 0 Å².